The molecule has 112 valence electrons. The van der Waals surface area contributed by atoms with Crippen LogP contribution in [0.3, 0.4) is 0 Å². The first-order valence-electron chi connectivity index (χ1n) is 6.11. The van der Waals surface area contributed by atoms with Gasteiger partial charge in [-0.1, -0.05) is 6.08 Å². The Hall–Kier alpha value is -2.70. The fraction of sp³-hybridized carbons (Fsp3) is 0.286. The Kier molecular flexibility index (Phi) is 6.59. The molecule has 0 spiro atoms. The van der Waals surface area contributed by atoms with E-state index in [0.29, 0.717) is 5.56 Å². The lowest BCUT2D eigenvalue weighted by atomic mass is 10.1. The topological polar surface area (TPSA) is 94.6 Å². The number of carbonyl (C=O) groups excluding carboxylic acids is 3. The Morgan fingerprint density at radius 3 is 2.67 bits per heavy atom. The number of pyridine rings is 1. The predicted octanol–water partition coefficient (Wildman–Crippen LogP) is 0.472. The van der Waals surface area contributed by atoms with E-state index in [-0.39, 0.29) is 6.42 Å². The van der Waals surface area contributed by atoms with E-state index in [9.17, 15) is 14.4 Å². The van der Waals surface area contributed by atoms with Crippen LogP contribution in [0.15, 0.2) is 36.7 Å². The van der Waals surface area contributed by atoms with E-state index in [4.69, 9.17) is 0 Å². The van der Waals surface area contributed by atoms with Crippen molar-refractivity contribution in [2.75, 3.05) is 14.2 Å². The van der Waals surface area contributed by atoms with Gasteiger partial charge in [-0.2, -0.15) is 0 Å². The maximum Gasteiger partial charge on any atom is 0.330 e. The van der Waals surface area contributed by atoms with Gasteiger partial charge in [0.2, 0.25) is 0 Å². The van der Waals surface area contributed by atoms with Crippen LogP contribution in [0.5, 0.6) is 0 Å². The molecule has 1 atom stereocenters. The summed E-state index contributed by atoms with van der Waals surface area (Å²) in [7, 11) is 2.46. The predicted molar refractivity (Wildman–Crippen MR) is 73.3 cm³/mol. The van der Waals surface area contributed by atoms with Gasteiger partial charge >= 0.3 is 11.9 Å². The second-order valence-electron chi connectivity index (χ2n) is 3.95. The molecule has 0 saturated carbocycles. The number of nitrogens with one attached hydrogen (secondary N) is 1. The highest BCUT2D eigenvalue weighted by molar-refractivity contribution is 5.96. The van der Waals surface area contributed by atoms with Crippen LogP contribution >= 0.6 is 0 Å². The zero-order valence-corrected chi connectivity index (χ0v) is 11.7. The van der Waals surface area contributed by atoms with Gasteiger partial charge in [-0.05, 0) is 18.6 Å². The molecule has 0 radical (unpaired) electrons. The molecule has 7 nitrogen and oxygen atoms in total. The van der Waals surface area contributed by atoms with Crippen LogP contribution < -0.4 is 5.32 Å². The summed E-state index contributed by atoms with van der Waals surface area (Å²) in [6.07, 6.45) is 5.62. The molecule has 7 heteroatoms. The molecule has 1 rings (SSSR count). The van der Waals surface area contributed by atoms with Crippen molar-refractivity contribution in [1.82, 2.24) is 10.3 Å². The summed E-state index contributed by atoms with van der Waals surface area (Å²) in [5.41, 5.74) is 0.323. The summed E-state index contributed by atoms with van der Waals surface area (Å²) in [6, 6.07) is 2.28. The summed E-state index contributed by atoms with van der Waals surface area (Å²) >= 11 is 0. The highest BCUT2D eigenvalue weighted by Gasteiger charge is 2.21. The van der Waals surface area contributed by atoms with E-state index in [1.807, 2.05) is 0 Å². The lowest BCUT2D eigenvalue weighted by Crippen LogP contribution is -2.41. The maximum absolute atomic E-state index is 12.0. The Morgan fingerprint density at radius 1 is 1.33 bits per heavy atom. The minimum absolute atomic E-state index is 0.105. The number of carbonyl (C=O) groups is 3. The quantitative estimate of drug-likeness (QED) is 0.605. The van der Waals surface area contributed by atoms with E-state index < -0.39 is 23.9 Å². The first-order valence-corrected chi connectivity index (χ1v) is 6.11. The Balaban J connectivity index is 2.70. The molecular formula is C14H16N2O5. The minimum Gasteiger partial charge on any atom is -0.467 e. The Morgan fingerprint density at radius 2 is 2.10 bits per heavy atom. The molecule has 0 unspecified atom stereocenters. The average molecular weight is 292 g/mol. The largest absolute Gasteiger partial charge is 0.467 e. The monoisotopic (exact) mass is 292 g/mol. The molecule has 0 aliphatic heterocycles. The standard InChI is InChI=1S/C14H16N2O5/c1-20-12(17)7-3-6-11(14(19)21-2)16-13(18)10-5-4-8-15-9-10/h3-5,7-9,11H,6H2,1-2H3,(H,16,18)/b7-3+/t11-/m1/s1. The molecule has 1 N–H and O–H groups in total. The van der Waals surface area contributed by atoms with Crippen molar-refractivity contribution in [2.45, 2.75) is 12.5 Å². The highest BCUT2D eigenvalue weighted by atomic mass is 16.5. The van der Waals surface area contributed by atoms with E-state index in [1.165, 1.54) is 38.8 Å². The van der Waals surface area contributed by atoms with Gasteiger partial charge in [-0.25, -0.2) is 9.59 Å². The van der Waals surface area contributed by atoms with Gasteiger partial charge < -0.3 is 14.8 Å². The van der Waals surface area contributed by atoms with E-state index >= 15 is 0 Å². The van der Waals surface area contributed by atoms with Crippen LogP contribution in [-0.4, -0.2) is 43.1 Å². The summed E-state index contributed by atoms with van der Waals surface area (Å²) in [4.78, 5) is 38.4. The third-order valence-corrected chi connectivity index (χ3v) is 2.54. The first kappa shape index (κ1) is 16.4. The van der Waals surface area contributed by atoms with Crippen molar-refractivity contribution < 1.29 is 23.9 Å². The molecule has 0 fully saturated rings. The van der Waals surface area contributed by atoms with Gasteiger partial charge in [0.1, 0.15) is 6.04 Å². The fourth-order valence-electron chi connectivity index (χ4n) is 1.46. The molecular weight excluding hydrogens is 276 g/mol. The fourth-order valence-corrected chi connectivity index (χ4v) is 1.46. The van der Waals surface area contributed by atoms with Gasteiger partial charge in [0.25, 0.3) is 5.91 Å². The maximum atomic E-state index is 12.0. The zero-order valence-electron chi connectivity index (χ0n) is 11.7. The number of methoxy groups -OCH3 is 2. The third-order valence-electron chi connectivity index (χ3n) is 2.54. The molecule has 1 heterocycles. The molecule has 0 aliphatic rings. The van der Waals surface area contributed by atoms with Crippen molar-refractivity contribution in [3.05, 3.63) is 42.2 Å². The van der Waals surface area contributed by atoms with Gasteiger partial charge in [0.15, 0.2) is 0 Å². The van der Waals surface area contributed by atoms with Crippen LogP contribution in [0.25, 0.3) is 0 Å². The van der Waals surface area contributed by atoms with Gasteiger partial charge in [-0.3, -0.25) is 9.78 Å². The number of hydrogen-bond donors (Lipinski definition) is 1. The number of ether oxygens (including phenoxy) is 2. The van der Waals surface area contributed by atoms with Gasteiger partial charge in [0.05, 0.1) is 19.8 Å². The van der Waals surface area contributed by atoms with Crippen LogP contribution in [-0.2, 0) is 19.1 Å². The zero-order chi connectivity index (χ0) is 15.7. The highest BCUT2D eigenvalue weighted by Crippen LogP contribution is 2.02. The summed E-state index contributed by atoms with van der Waals surface area (Å²) in [6.45, 7) is 0. The minimum atomic E-state index is -0.899. The Bertz CT molecular complexity index is 527. The lowest BCUT2D eigenvalue weighted by Gasteiger charge is -2.14. The average Bonchev–Trinajstić information content (AvgIpc) is 2.53. The molecule has 0 aromatic carbocycles. The number of esters is 2. The third kappa shape index (κ3) is 5.43. The molecule has 1 aromatic rings. The van der Waals surface area contributed by atoms with Crippen molar-refractivity contribution >= 4 is 17.8 Å². The van der Waals surface area contributed by atoms with E-state index in [2.05, 4.69) is 19.8 Å². The molecule has 1 aromatic heterocycles. The van der Waals surface area contributed by atoms with E-state index in [0.717, 1.165) is 0 Å². The summed E-state index contributed by atoms with van der Waals surface area (Å²) < 4.78 is 9.05. The summed E-state index contributed by atoms with van der Waals surface area (Å²) in [5.74, 6) is -1.61. The molecule has 1 amide bonds. The SMILES string of the molecule is COC(=O)/C=C/C[C@@H](NC(=O)c1cccnc1)C(=O)OC. The van der Waals surface area contributed by atoms with Crippen molar-refractivity contribution in [3.63, 3.8) is 0 Å². The first-order chi connectivity index (χ1) is 10.1. The van der Waals surface area contributed by atoms with Crippen LogP contribution in [0, 0.1) is 0 Å². The number of hydrogen-bond acceptors (Lipinski definition) is 6. The van der Waals surface area contributed by atoms with Crippen LogP contribution in [0.4, 0.5) is 0 Å². The number of nitrogens with zero attached hydrogens (tertiary/aromatic N) is 1. The van der Waals surface area contributed by atoms with Crippen LogP contribution in [0.2, 0.25) is 0 Å². The number of aromatic nitrogens is 1. The lowest BCUT2D eigenvalue weighted by molar-refractivity contribution is -0.143. The molecule has 0 aliphatic carbocycles. The smallest absolute Gasteiger partial charge is 0.330 e. The Labute approximate surface area is 122 Å². The van der Waals surface area contributed by atoms with Crippen LogP contribution in [0.1, 0.15) is 16.8 Å². The number of amides is 1. The summed E-state index contributed by atoms with van der Waals surface area (Å²) in [5, 5.41) is 2.52. The van der Waals surface area contributed by atoms with Gasteiger partial charge in [0, 0.05) is 18.5 Å². The number of rotatable bonds is 6. The molecule has 0 saturated heterocycles. The normalized spacial score (nSPS) is 11.7. The van der Waals surface area contributed by atoms with E-state index in [1.54, 1.807) is 12.1 Å². The van der Waals surface area contributed by atoms with Crippen molar-refractivity contribution in [1.29, 1.82) is 0 Å². The van der Waals surface area contributed by atoms with Crippen molar-refractivity contribution in [3.8, 4) is 0 Å². The molecule has 21 heavy (non-hydrogen) atoms. The molecule has 0 bridgehead atoms. The second-order valence-corrected chi connectivity index (χ2v) is 3.95. The second kappa shape index (κ2) is 8.47. The van der Waals surface area contributed by atoms with Gasteiger partial charge in [-0.15, -0.1) is 0 Å². The van der Waals surface area contributed by atoms with Crippen molar-refractivity contribution in [2.24, 2.45) is 0 Å².